The smallest absolute Gasteiger partial charge is 0.0119 e. The van der Waals surface area contributed by atoms with Gasteiger partial charge in [-0.05, 0) is 32.7 Å². The maximum Gasteiger partial charge on any atom is 0.0119 e. The molecule has 0 bridgehead atoms. The van der Waals surface area contributed by atoms with Crippen LogP contribution < -0.4 is 5.32 Å². The fraction of sp³-hybridized carbons (Fsp3) is 1.00. The number of hydrogen-bond donors (Lipinski definition) is 1. The number of likely N-dealkylation sites (tertiary alicyclic amines) is 1. The summed E-state index contributed by atoms with van der Waals surface area (Å²) in [6, 6.07) is 2.05. The van der Waals surface area contributed by atoms with Gasteiger partial charge in [0.2, 0.25) is 0 Å². The maximum atomic E-state index is 3.66. The summed E-state index contributed by atoms with van der Waals surface area (Å²) in [6.45, 7) is 13.9. The molecule has 14 heavy (non-hydrogen) atoms. The highest BCUT2D eigenvalue weighted by atomic mass is 15.2. The molecule has 84 valence electrons. The van der Waals surface area contributed by atoms with E-state index in [-0.39, 0.29) is 0 Å². The number of nitrogens with zero attached hydrogens (tertiary/aromatic N) is 1. The van der Waals surface area contributed by atoms with Gasteiger partial charge in [0.1, 0.15) is 0 Å². The maximum absolute atomic E-state index is 3.66. The summed E-state index contributed by atoms with van der Waals surface area (Å²) in [5.74, 6) is 0.786. The largest absolute Gasteiger partial charge is 0.311 e. The molecule has 0 amide bonds. The minimum Gasteiger partial charge on any atom is -0.311 e. The Labute approximate surface area is 89.1 Å². The third-order valence-corrected chi connectivity index (χ3v) is 3.21. The summed E-state index contributed by atoms with van der Waals surface area (Å²) in [5, 5.41) is 3.66. The van der Waals surface area contributed by atoms with Crippen LogP contribution in [-0.2, 0) is 0 Å². The van der Waals surface area contributed by atoms with Crippen LogP contribution in [0.4, 0.5) is 0 Å². The average molecular weight is 198 g/mol. The van der Waals surface area contributed by atoms with Crippen molar-refractivity contribution in [2.75, 3.05) is 13.1 Å². The quantitative estimate of drug-likeness (QED) is 0.747. The van der Waals surface area contributed by atoms with Crippen molar-refractivity contribution in [3.05, 3.63) is 0 Å². The third kappa shape index (κ3) is 3.25. The van der Waals surface area contributed by atoms with Crippen LogP contribution in [-0.4, -0.2) is 36.1 Å². The van der Waals surface area contributed by atoms with Crippen molar-refractivity contribution in [3.63, 3.8) is 0 Å². The molecule has 1 aliphatic heterocycles. The van der Waals surface area contributed by atoms with Crippen LogP contribution in [0.15, 0.2) is 0 Å². The summed E-state index contributed by atoms with van der Waals surface area (Å²) >= 11 is 0. The van der Waals surface area contributed by atoms with Gasteiger partial charge in [-0.25, -0.2) is 0 Å². The Balaban J connectivity index is 2.39. The average Bonchev–Trinajstić information content (AvgIpc) is 2.07. The van der Waals surface area contributed by atoms with Crippen LogP contribution in [0.1, 0.15) is 41.0 Å². The fourth-order valence-corrected chi connectivity index (χ4v) is 2.32. The van der Waals surface area contributed by atoms with E-state index in [0.717, 1.165) is 12.0 Å². The molecule has 0 saturated carbocycles. The molecule has 0 spiro atoms. The summed E-state index contributed by atoms with van der Waals surface area (Å²) in [7, 11) is 0. The monoisotopic (exact) mass is 198 g/mol. The molecule has 2 nitrogen and oxygen atoms in total. The van der Waals surface area contributed by atoms with Gasteiger partial charge in [0.25, 0.3) is 0 Å². The Hall–Kier alpha value is -0.0800. The molecule has 1 rings (SSSR count). The minimum absolute atomic E-state index is 0.619. The van der Waals surface area contributed by atoms with E-state index in [1.54, 1.807) is 0 Å². The van der Waals surface area contributed by atoms with E-state index in [1.165, 1.54) is 19.5 Å². The first-order valence-electron chi connectivity index (χ1n) is 6.00. The molecule has 0 radical (unpaired) electrons. The molecule has 1 N–H and O–H groups in total. The highest BCUT2D eigenvalue weighted by molar-refractivity contribution is 4.84. The van der Waals surface area contributed by atoms with E-state index in [9.17, 15) is 0 Å². The van der Waals surface area contributed by atoms with Crippen molar-refractivity contribution in [3.8, 4) is 0 Å². The van der Waals surface area contributed by atoms with E-state index >= 15 is 0 Å². The lowest BCUT2D eigenvalue weighted by atomic mass is 9.92. The van der Waals surface area contributed by atoms with Crippen molar-refractivity contribution in [1.29, 1.82) is 0 Å². The van der Waals surface area contributed by atoms with E-state index < -0.39 is 0 Å². The Kier molecular flexibility index (Phi) is 4.39. The van der Waals surface area contributed by atoms with Crippen LogP contribution in [0.5, 0.6) is 0 Å². The zero-order chi connectivity index (χ0) is 10.7. The first-order chi connectivity index (χ1) is 6.50. The summed E-state index contributed by atoms with van der Waals surface area (Å²) in [5.41, 5.74) is 0. The van der Waals surface area contributed by atoms with Crippen molar-refractivity contribution in [1.82, 2.24) is 10.2 Å². The van der Waals surface area contributed by atoms with Crippen molar-refractivity contribution < 1.29 is 0 Å². The number of nitrogens with one attached hydrogen (secondary N) is 1. The van der Waals surface area contributed by atoms with Crippen LogP contribution in [0.2, 0.25) is 0 Å². The lowest BCUT2D eigenvalue weighted by molar-refractivity contribution is 0.115. The molecule has 0 unspecified atom stereocenters. The highest BCUT2D eigenvalue weighted by Crippen LogP contribution is 2.18. The molecule has 1 aliphatic rings. The number of hydrogen-bond acceptors (Lipinski definition) is 2. The summed E-state index contributed by atoms with van der Waals surface area (Å²) in [4.78, 5) is 2.59. The van der Waals surface area contributed by atoms with Gasteiger partial charge in [0.05, 0.1) is 0 Å². The molecule has 0 aromatic rings. The second kappa shape index (κ2) is 5.13. The molecule has 0 aromatic carbocycles. The standard InChI is InChI=1S/C12H26N2/c1-9(2)13-12-6-7-14(10(3)4)8-11(12)5/h9-13H,6-8H2,1-5H3/t11-,12+/m1/s1. The summed E-state index contributed by atoms with van der Waals surface area (Å²) in [6.07, 6.45) is 1.30. The first-order valence-corrected chi connectivity index (χ1v) is 6.00. The predicted molar refractivity (Wildman–Crippen MR) is 62.5 cm³/mol. The molecule has 0 aliphatic carbocycles. The van der Waals surface area contributed by atoms with Crippen molar-refractivity contribution in [2.24, 2.45) is 5.92 Å². The molecule has 0 aromatic heterocycles. The van der Waals surface area contributed by atoms with E-state index in [0.29, 0.717) is 12.1 Å². The normalized spacial score (nSPS) is 30.2. The zero-order valence-electron chi connectivity index (χ0n) is 10.4. The summed E-state index contributed by atoms with van der Waals surface area (Å²) < 4.78 is 0. The van der Waals surface area contributed by atoms with Crippen LogP contribution in [0.25, 0.3) is 0 Å². The van der Waals surface area contributed by atoms with Crippen LogP contribution in [0.3, 0.4) is 0 Å². The lowest BCUT2D eigenvalue weighted by Crippen LogP contribution is -2.51. The first kappa shape index (κ1) is 12.0. The van der Waals surface area contributed by atoms with Gasteiger partial charge in [-0.1, -0.05) is 20.8 Å². The second-order valence-electron chi connectivity index (χ2n) is 5.28. The van der Waals surface area contributed by atoms with Gasteiger partial charge in [0, 0.05) is 24.7 Å². The fourth-order valence-electron chi connectivity index (χ4n) is 2.32. The predicted octanol–water partition coefficient (Wildman–Crippen LogP) is 2.10. The molecular formula is C12H26N2. The lowest BCUT2D eigenvalue weighted by Gasteiger charge is -2.40. The molecule has 1 fully saturated rings. The molecule has 1 heterocycles. The SMILES string of the molecule is CC(C)N[C@H]1CCN(C(C)C)C[C@H]1C. The molecular weight excluding hydrogens is 172 g/mol. The Bertz CT molecular complexity index is 166. The topological polar surface area (TPSA) is 15.3 Å². The van der Waals surface area contributed by atoms with E-state index in [2.05, 4.69) is 44.8 Å². The number of rotatable bonds is 3. The Morgan fingerprint density at radius 1 is 1.21 bits per heavy atom. The second-order valence-corrected chi connectivity index (χ2v) is 5.28. The molecule has 2 atom stereocenters. The Morgan fingerprint density at radius 3 is 2.29 bits per heavy atom. The molecule has 1 saturated heterocycles. The van der Waals surface area contributed by atoms with Gasteiger partial charge < -0.3 is 10.2 Å². The van der Waals surface area contributed by atoms with E-state index in [1.807, 2.05) is 0 Å². The van der Waals surface area contributed by atoms with Gasteiger partial charge in [0.15, 0.2) is 0 Å². The third-order valence-electron chi connectivity index (χ3n) is 3.21. The molecule has 2 heteroatoms. The van der Waals surface area contributed by atoms with Gasteiger partial charge >= 0.3 is 0 Å². The van der Waals surface area contributed by atoms with Crippen molar-refractivity contribution in [2.45, 2.75) is 59.2 Å². The van der Waals surface area contributed by atoms with Crippen molar-refractivity contribution >= 4 is 0 Å². The number of piperidine rings is 1. The highest BCUT2D eigenvalue weighted by Gasteiger charge is 2.26. The van der Waals surface area contributed by atoms with Crippen LogP contribution >= 0.6 is 0 Å². The van der Waals surface area contributed by atoms with Gasteiger partial charge in [-0.15, -0.1) is 0 Å². The Morgan fingerprint density at radius 2 is 1.86 bits per heavy atom. The minimum atomic E-state index is 0.619. The van der Waals surface area contributed by atoms with Gasteiger partial charge in [-0.3, -0.25) is 0 Å². The van der Waals surface area contributed by atoms with E-state index in [4.69, 9.17) is 0 Å². The van der Waals surface area contributed by atoms with Gasteiger partial charge in [-0.2, -0.15) is 0 Å². The zero-order valence-corrected chi connectivity index (χ0v) is 10.4. The van der Waals surface area contributed by atoms with Crippen LogP contribution in [0, 0.1) is 5.92 Å².